The maximum absolute atomic E-state index is 9.76. The van der Waals surface area contributed by atoms with Crippen molar-refractivity contribution in [3.63, 3.8) is 0 Å². The second-order valence-corrected chi connectivity index (χ2v) is 3.48. The lowest BCUT2D eigenvalue weighted by Crippen LogP contribution is -1.85. The van der Waals surface area contributed by atoms with Gasteiger partial charge in [0.05, 0.1) is 11.6 Å². The largest absolute Gasteiger partial charge is 0.361 e. The minimum absolute atomic E-state index is 0.438. The number of hydrogen-bond donors (Lipinski definition) is 0. The lowest BCUT2D eigenvalue weighted by atomic mass is 10.2. The van der Waals surface area contributed by atoms with Gasteiger partial charge in [-0.25, -0.2) is 4.79 Å². The molecular formula is C8H10N2O2S. The molecule has 1 aromatic rings. The molecule has 0 unspecified atom stereocenters. The average molecular weight is 198 g/mol. The molecule has 0 spiro atoms. The van der Waals surface area contributed by atoms with Crippen LogP contribution < -0.4 is 0 Å². The van der Waals surface area contributed by atoms with Crippen LogP contribution in [0, 0.1) is 13.8 Å². The van der Waals surface area contributed by atoms with Gasteiger partial charge in [0.2, 0.25) is 6.08 Å². The Morgan fingerprint density at radius 2 is 2.38 bits per heavy atom. The summed E-state index contributed by atoms with van der Waals surface area (Å²) in [5.74, 6) is 2.04. The van der Waals surface area contributed by atoms with Gasteiger partial charge in [0.25, 0.3) is 0 Å². The van der Waals surface area contributed by atoms with E-state index >= 15 is 0 Å². The molecule has 0 saturated heterocycles. The summed E-state index contributed by atoms with van der Waals surface area (Å²) in [5, 5.41) is 3.82. The number of rotatable bonds is 4. The monoisotopic (exact) mass is 198 g/mol. The van der Waals surface area contributed by atoms with E-state index in [0.717, 1.165) is 22.8 Å². The molecule has 1 aromatic heterocycles. The third kappa shape index (κ3) is 2.72. The van der Waals surface area contributed by atoms with Gasteiger partial charge in [0.1, 0.15) is 5.76 Å². The van der Waals surface area contributed by atoms with Gasteiger partial charge in [0.15, 0.2) is 0 Å². The second kappa shape index (κ2) is 4.84. The van der Waals surface area contributed by atoms with Crippen molar-refractivity contribution in [2.45, 2.75) is 19.6 Å². The van der Waals surface area contributed by atoms with Crippen molar-refractivity contribution in [1.82, 2.24) is 5.16 Å². The van der Waals surface area contributed by atoms with Gasteiger partial charge >= 0.3 is 0 Å². The molecule has 0 aliphatic carbocycles. The van der Waals surface area contributed by atoms with Gasteiger partial charge in [0, 0.05) is 11.3 Å². The first-order valence-electron chi connectivity index (χ1n) is 3.79. The zero-order valence-corrected chi connectivity index (χ0v) is 8.35. The van der Waals surface area contributed by atoms with Crippen LogP contribution in [0.1, 0.15) is 17.0 Å². The molecule has 0 N–H and O–H groups in total. The minimum Gasteiger partial charge on any atom is -0.361 e. The van der Waals surface area contributed by atoms with Crippen molar-refractivity contribution in [3.8, 4) is 0 Å². The molecule has 0 atom stereocenters. The van der Waals surface area contributed by atoms with Crippen molar-refractivity contribution in [2.24, 2.45) is 4.99 Å². The highest BCUT2D eigenvalue weighted by Gasteiger charge is 2.07. The topological polar surface area (TPSA) is 55.5 Å². The molecule has 0 radical (unpaired) electrons. The number of isocyanates is 1. The molecule has 4 nitrogen and oxygen atoms in total. The van der Waals surface area contributed by atoms with Gasteiger partial charge in [-0.3, -0.25) is 0 Å². The first-order chi connectivity index (χ1) is 6.25. The van der Waals surface area contributed by atoms with Crippen LogP contribution >= 0.6 is 11.8 Å². The Morgan fingerprint density at radius 3 is 2.92 bits per heavy atom. The third-order valence-electron chi connectivity index (χ3n) is 1.65. The summed E-state index contributed by atoms with van der Waals surface area (Å²) in [4.78, 5) is 13.2. The molecule has 1 rings (SSSR count). The van der Waals surface area contributed by atoms with E-state index in [0.29, 0.717) is 5.88 Å². The van der Waals surface area contributed by atoms with E-state index in [1.807, 2.05) is 13.8 Å². The number of aliphatic imine (C=N–C) groups is 1. The quantitative estimate of drug-likeness (QED) is 0.420. The maximum Gasteiger partial charge on any atom is 0.235 e. The molecule has 0 aliphatic heterocycles. The Kier molecular flexibility index (Phi) is 3.73. The standard InChI is InChI=1S/C8H10N2O2S/c1-6-8(7(2)12-10-6)3-13-5-9-4-11/h3,5H2,1-2H3. The molecule has 70 valence electrons. The fourth-order valence-corrected chi connectivity index (χ4v) is 1.78. The van der Waals surface area contributed by atoms with Crippen LogP contribution in [0.3, 0.4) is 0 Å². The number of thioether (sulfide) groups is 1. The van der Waals surface area contributed by atoms with Crippen LogP contribution in [0.15, 0.2) is 9.52 Å². The Hall–Kier alpha value is -1.06. The first-order valence-corrected chi connectivity index (χ1v) is 4.94. The van der Waals surface area contributed by atoms with Crippen molar-refractivity contribution < 1.29 is 9.32 Å². The number of nitrogens with zero attached hydrogens (tertiary/aromatic N) is 2. The van der Waals surface area contributed by atoms with Crippen LogP contribution in [-0.2, 0) is 10.5 Å². The summed E-state index contributed by atoms with van der Waals surface area (Å²) < 4.78 is 4.98. The van der Waals surface area contributed by atoms with Gasteiger partial charge in [-0.15, -0.1) is 11.8 Å². The van der Waals surface area contributed by atoms with Crippen molar-refractivity contribution in [1.29, 1.82) is 0 Å². The van der Waals surface area contributed by atoms with Gasteiger partial charge in [-0.2, -0.15) is 4.99 Å². The average Bonchev–Trinajstić information content (AvgIpc) is 2.42. The fourth-order valence-electron chi connectivity index (χ4n) is 0.928. The van der Waals surface area contributed by atoms with Gasteiger partial charge in [-0.1, -0.05) is 5.16 Å². The molecule has 0 amide bonds. The highest BCUT2D eigenvalue weighted by Crippen LogP contribution is 2.18. The van der Waals surface area contributed by atoms with Gasteiger partial charge in [-0.05, 0) is 13.8 Å². The van der Waals surface area contributed by atoms with Crippen LogP contribution in [0.25, 0.3) is 0 Å². The maximum atomic E-state index is 9.76. The molecule has 1 heterocycles. The number of aromatic nitrogens is 1. The van der Waals surface area contributed by atoms with Crippen LogP contribution in [0.4, 0.5) is 0 Å². The minimum atomic E-state index is 0.438. The highest BCUT2D eigenvalue weighted by atomic mass is 32.2. The second-order valence-electron chi connectivity index (χ2n) is 2.53. The predicted molar refractivity (Wildman–Crippen MR) is 50.3 cm³/mol. The van der Waals surface area contributed by atoms with Crippen molar-refractivity contribution in [2.75, 3.05) is 5.88 Å². The normalized spacial score (nSPS) is 9.69. The summed E-state index contributed by atoms with van der Waals surface area (Å²) in [6.07, 6.45) is 1.49. The zero-order valence-electron chi connectivity index (χ0n) is 7.53. The summed E-state index contributed by atoms with van der Waals surface area (Å²) in [6.45, 7) is 3.77. The molecule has 0 aliphatic rings. The molecular weight excluding hydrogens is 188 g/mol. The van der Waals surface area contributed by atoms with E-state index < -0.39 is 0 Å². The van der Waals surface area contributed by atoms with E-state index in [1.165, 1.54) is 17.8 Å². The van der Waals surface area contributed by atoms with Crippen LogP contribution in [-0.4, -0.2) is 17.1 Å². The van der Waals surface area contributed by atoms with Crippen molar-refractivity contribution in [3.05, 3.63) is 17.0 Å². The Labute approximate surface area is 80.4 Å². The summed E-state index contributed by atoms with van der Waals surface area (Å²) >= 11 is 1.53. The number of hydrogen-bond acceptors (Lipinski definition) is 5. The third-order valence-corrected chi connectivity index (χ3v) is 2.45. The molecule has 13 heavy (non-hydrogen) atoms. The molecule has 0 bridgehead atoms. The molecule has 0 saturated carbocycles. The summed E-state index contributed by atoms with van der Waals surface area (Å²) in [5.41, 5.74) is 1.99. The van der Waals surface area contributed by atoms with Gasteiger partial charge < -0.3 is 4.52 Å². The lowest BCUT2D eigenvalue weighted by Gasteiger charge is -1.95. The summed E-state index contributed by atoms with van der Waals surface area (Å²) in [6, 6.07) is 0. The van der Waals surface area contributed by atoms with E-state index in [4.69, 9.17) is 4.52 Å². The van der Waals surface area contributed by atoms with Crippen LogP contribution in [0.2, 0.25) is 0 Å². The van der Waals surface area contributed by atoms with E-state index in [-0.39, 0.29) is 0 Å². The summed E-state index contributed by atoms with van der Waals surface area (Å²) in [7, 11) is 0. The van der Waals surface area contributed by atoms with E-state index in [9.17, 15) is 4.79 Å². The Bertz CT molecular complexity index is 309. The molecule has 0 fully saturated rings. The Balaban J connectivity index is 2.49. The Morgan fingerprint density at radius 1 is 1.62 bits per heavy atom. The predicted octanol–water partition coefficient (Wildman–Crippen LogP) is 1.82. The first kappa shape index (κ1) is 10.0. The molecule has 0 aromatic carbocycles. The van der Waals surface area contributed by atoms with Crippen LogP contribution in [0.5, 0.6) is 0 Å². The molecule has 5 heteroatoms. The van der Waals surface area contributed by atoms with E-state index in [2.05, 4.69) is 10.1 Å². The number of aryl methyl sites for hydroxylation is 2. The lowest BCUT2D eigenvalue weighted by molar-refractivity contribution is 0.392. The van der Waals surface area contributed by atoms with E-state index in [1.54, 1.807) is 0 Å². The fraction of sp³-hybridized carbons (Fsp3) is 0.500. The highest BCUT2D eigenvalue weighted by molar-refractivity contribution is 7.98. The number of carbonyl (C=O) groups excluding carboxylic acids is 1. The van der Waals surface area contributed by atoms with Crippen molar-refractivity contribution >= 4 is 17.8 Å². The SMILES string of the molecule is Cc1noc(C)c1CSCN=C=O. The smallest absolute Gasteiger partial charge is 0.235 e. The zero-order chi connectivity index (χ0) is 9.68.